The first kappa shape index (κ1) is 11.4. The highest BCUT2D eigenvalue weighted by atomic mass is 16.5. The predicted molar refractivity (Wildman–Crippen MR) is 64.0 cm³/mol. The second kappa shape index (κ2) is 4.41. The average molecular weight is 231 g/mol. The van der Waals surface area contributed by atoms with Gasteiger partial charge in [0.1, 0.15) is 0 Å². The lowest BCUT2D eigenvalue weighted by Crippen LogP contribution is -2.17. The summed E-state index contributed by atoms with van der Waals surface area (Å²) in [6.45, 7) is 3.81. The molecule has 0 spiro atoms. The Morgan fingerprint density at radius 1 is 1.35 bits per heavy atom. The molecule has 0 aliphatic carbocycles. The van der Waals surface area contributed by atoms with Gasteiger partial charge in [-0.15, -0.1) is 0 Å². The van der Waals surface area contributed by atoms with Gasteiger partial charge in [0.05, 0.1) is 12.2 Å². The molecule has 1 aromatic heterocycles. The number of hydrogen-bond donors (Lipinski definition) is 1. The van der Waals surface area contributed by atoms with Crippen molar-refractivity contribution in [2.45, 2.75) is 13.8 Å². The summed E-state index contributed by atoms with van der Waals surface area (Å²) in [6.07, 6.45) is 1.55. The summed E-state index contributed by atoms with van der Waals surface area (Å²) in [5, 5.41) is 0.753. The van der Waals surface area contributed by atoms with Gasteiger partial charge in [0.2, 0.25) is 0 Å². The van der Waals surface area contributed by atoms with Gasteiger partial charge in [-0.1, -0.05) is 18.2 Å². The van der Waals surface area contributed by atoms with E-state index in [0.717, 1.165) is 16.5 Å². The summed E-state index contributed by atoms with van der Waals surface area (Å²) < 4.78 is 4.70. The molecule has 4 heteroatoms. The molecule has 1 heterocycles. The van der Waals surface area contributed by atoms with Crippen molar-refractivity contribution in [1.29, 1.82) is 0 Å². The third-order valence-electron chi connectivity index (χ3n) is 2.63. The van der Waals surface area contributed by atoms with Crippen LogP contribution in [0.4, 0.5) is 0 Å². The Balaban J connectivity index is 2.46. The number of rotatable bonds is 3. The third-order valence-corrected chi connectivity index (χ3v) is 2.63. The Kier molecular flexibility index (Phi) is 2.95. The molecule has 4 nitrogen and oxygen atoms in total. The van der Waals surface area contributed by atoms with E-state index in [4.69, 9.17) is 4.74 Å². The van der Waals surface area contributed by atoms with E-state index >= 15 is 0 Å². The molecule has 0 saturated heterocycles. The Hall–Kier alpha value is -2.10. The first-order valence-electron chi connectivity index (χ1n) is 5.43. The standard InChI is InChI=1S/C13H13NO3/c1-3-17-13(16)12(15)10-7-14-11-8(2)5-4-6-9(10)11/h4-7,14H,3H2,1-2H3. The second-order valence-corrected chi connectivity index (χ2v) is 3.75. The fraction of sp³-hybridized carbons (Fsp3) is 0.231. The summed E-state index contributed by atoms with van der Waals surface area (Å²) in [5.41, 5.74) is 2.27. The summed E-state index contributed by atoms with van der Waals surface area (Å²) in [4.78, 5) is 26.2. The van der Waals surface area contributed by atoms with Crippen LogP contribution >= 0.6 is 0 Å². The molecule has 88 valence electrons. The number of aromatic amines is 1. The van der Waals surface area contributed by atoms with E-state index in [0.29, 0.717) is 5.56 Å². The lowest BCUT2D eigenvalue weighted by atomic mass is 10.1. The van der Waals surface area contributed by atoms with Crippen LogP contribution in [0.15, 0.2) is 24.4 Å². The van der Waals surface area contributed by atoms with Crippen LogP contribution in [0.25, 0.3) is 10.9 Å². The lowest BCUT2D eigenvalue weighted by Gasteiger charge is -2.00. The summed E-state index contributed by atoms with van der Waals surface area (Å²) in [6, 6.07) is 5.61. The molecule has 0 radical (unpaired) electrons. The second-order valence-electron chi connectivity index (χ2n) is 3.75. The van der Waals surface area contributed by atoms with E-state index in [1.54, 1.807) is 13.1 Å². The minimum atomic E-state index is -0.810. The molecular formula is C13H13NO3. The van der Waals surface area contributed by atoms with Crippen LogP contribution in [0.5, 0.6) is 0 Å². The van der Waals surface area contributed by atoms with Crippen LogP contribution in [0.2, 0.25) is 0 Å². The van der Waals surface area contributed by atoms with E-state index in [2.05, 4.69) is 4.98 Å². The fourth-order valence-corrected chi connectivity index (χ4v) is 1.80. The number of aryl methyl sites for hydroxylation is 1. The molecule has 0 aliphatic heterocycles. The van der Waals surface area contributed by atoms with Crippen LogP contribution in [-0.2, 0) is 9.53 Å². The van der Waals surface area contributed by atoms with Crippen molar-refractivity contribution in [3.8, 4) is 0 Å². The molecule has 17 heavy (non-hydrogen) atoms. The number of carbonyl (C=O) groups is 2. The first-order chi connectivity index (χ1) is 8.15. The minimum absolute atomic E-state index is 0.200. The number of ketones is 1. The zero-order valence-corrected chi connectivity index (χ0v) is 9.74. The zero-order valence-electron chi connectivity index (χ0n) is 9.74. The molecule has 2 aromatic rings. The molecule has 0 amide bonds. The molecule has 0 unspecified atom stereocenters. The van der Waals surface area contributed by atoms with Crippen LogP contribution in [0, 0.1) is 6.92 Å². The van der Waals surface area contributed by atoms with Crippen molar-refractivity contribution < 1.29 is 14.3 Å². The van der Waals surface area contributed by atoms with Gasteiger partial charge in [-0.25, -0.2) is 4.79 Å². The number of ether oxygens (including phenoxy) is 1. The van der Waals surface area contributed by atoms with Gasteiger partial charge in [-0.3, -0.25) is 4.79 Å². The number of para-hydroxylation sites is 1. The molecule has 0 aliphatic rings. The lowest BCUT2D eigenvalue weighted by molar-refractivity contribution is -0.137. The summed E-state index contributed by atoms with van der Waals surface area (Å²) >= 11 is 0. The maximum absolute atomic E-state index is 11.8. The van der Waals surface area contributed by atoms with Crippen molar-refractivity contribution in [3.63, 3.8) is 0 Å². The van der Waals surface area contributed by atoms with E-state index in [1.165, 1.54) is 0 Å². The highest BCUT2D eigenvalue weighted by Gasteiger charge is 2.21. The van der Waals surface area contributed by atoms with Crippen LogP contribution in [0.1, 0.15) is 22.8 Å². The molecule has 0 bridgehead atoms. The van der Waals surface area contributed by atoms with Gasteiger partial charge in [-0.05, 0) is 19.4 Å². The number of esters is 1. The Morgan fingerprint density at radius 3 is 2.82 bits per heavy atom. The van der Waals surface area contributed by atoms with E-state index in [-0.39, 0.29) is 6.61 Å². The van der Waals surface area contributed by atoms with E-state index in [1.807, 2.05) is 25.1 Å². The van der Waals surface area contributed by atoms with Gasteiger partial charge < -0.3 is 9.72 Å². The SMILES string of the molecule is CCOC(=O)C(=O)c1c[nH]c2c(C)cccc12. The number of nitrogens with one attached hydrogen (secondary N) is 1. The van der Waals surface area contributed by atoms with Crippen molar-refractivity contribution in [1.82, 2.24) is 4.98 Å². The highest BCUT2D eigenvalue weighted by Crippen LogP contribution is 2.21. The van der Waals surface area contributed by atoms with Gasteiger partial charge in [0, 0.05) is 17.1 Å². The maximum Gasteiger partial charge on any atom is 0.379 e. The van der Waals surface area contributed by atoms with Gasteiger partial charge in [0.25, 0.3) is 5.78 Å². The monoisotopic (exact) mass is 231 g/mol. The highest BCUT2D eigenvalue weighted by molar-refractivity contribution is 6.43. The normalized spacial score (nSPS) is 10.5. The average Bonchev–Trinajstić information content (AvgIpc) is 2.73. The molecule has 1 N–H and O–H groups in total. The van der Waals surface area contributed by atoms with Crippen LogP contribution in [0.3, 0.4) is 0 Å². The number of benzene rings is 1. The van der Waals surface area contributed by atoms with E-state index < -0.39 is 11.8 Å². The van der Waals surface area contributed by atoms with Gasteiger partial charge in [-0.2, -0.15) is 0 Å². The van der Waals surface area contributed by atoms with Crippen LogP contribution < -0.4 is 0 Å². The summed E-state index contributed by atoms with van der Waals surface area (Å²) in [7, 11) is 0. The fourth-order valence-electron chi connectivity index (χ4n) is 1.80. The van der Waals surface area contributed by atoms with Gasteiger partial charge >= 0.3 is 5.97 Å². The number of fused-ring (bicyclic) bond motifs is 1. The van der Waals surface area contributed by atoms with Crippen LogP contribution in [-0.4, -0.2) is 23.3 Å². The number of H-pyrrole nitrogens is 1. The Bertz CT molecular complexity index is 583. The zero-order chi connectivity index (χ0) is 12.4. The first-order valence-corrected chi connectivity index (χ1v) is 5.43. The van der Waals surface area contributed by atoms with Gasteiger partial charge in [0.15, 0.2) is 0 Å². The topological polar surface area (TPSA) is 59.2 Å². The minimum Gasteiger partial charge on any atom is -0.460 e. The van der Waals surface area contributed by atoms with E-state index in [9.17, 15) is 9.59 Å². The smallest absolute Gasteiger partial charge is 0.379 e. The predicted octanol–water partition coefficient (Wildman–Crippen LogP) is 2.22. The molecule has 0 saturated carbocycles. The molecule has 0 atom stereocenters. The third kappa shape index (κ3) is 1.93. The molecule has 0 fully saturated rings. The molecular weight excluding hydrogens is 218 g/mol. The number of aromatic nitrogens is 1. The number of Topliss-reactive ketones (excluding diaryl/α,β-unsaturated/α-hetero) is 1. The molecule has 2 rings (SSSR count). The quantitative estimate of drug-likeness (QED) is 0.500. The van der Waals surface area contributed by atoms with Crippen molar-refractivity contribution in [2.24, 2.45) is 0 Å². The Morgan fingerprint density at radius 2 is 2.12 bits per heavy atom. The van der Waals surface area contributed by atoms with Crippen molar-refractivity contribution in [2.75, 3.05) is 6.61 Å². The Labute approximate surface area is 98.6 Å². The largest absolute Gasteiger partial charge is 0.460 e. The maximum atomic E-state index is 11.8. The summed E-state index contributed by atoms with van der Waals surface area (Å²) in [5.74, 6) is -1.42. The van der Waals surface area contributed by atoms with Crippen molar-refractivity contribution >= 4 is 22.7 Å². The number of carbonyl (C=O) groups excluding carboxylic acids is 2. The number of hydrogen-bond acceptors (Lipinski definition) is 3. The molecule has 1 aromatic carbocycles. The van der Waals surface area contributed by atoms with Crippen molar-refractivity contribution in [3.05, 3.63) is 35.5 Å².